The normalized spacial score (nSPS) is 12.2. The predicted octanol–water partition coefficient (Wildman–Crippen LogP) is 5.44. The van der Waals surface area contributed by atoms with Crippen molar-refractivity contribution in [2.45, 2.75) is 51.2 Å². The number of carbonyl (C=O) groups excluding carboxylic acids is 2. The lowest BCUT2D eigenvalue weighted by atomic mass is 10.1. The number of hydrogen-bond acceptors (Lipinski definition) is 4. The minimum atomic E-state index is -4.22. The fourth-order valence-corrected chi connectivity index (χ4v) is 5.67. The average molecular weight is 577 g/mol. The molecule has 0 heterocycles. The van der Waals surface area contributed by atoms with Crippen molar-refractivity contribution in [3.05, 3.63) is 94.0 Å². The van der Waals surface area contributed by atoms with Gasteiger partial charge < -0.3 is 10.2 Å². The molecule has 0 bridgehead atoms. The number of nitrogens with zero attached hydrogens (tertiary/aromatic N) is 2. The fraction of sp³-hybridized carbons (Fsp3) is 0.286. The molecule has 0 aliphatic heterocycles. The van der Waals surface area contributed by atoms with Gasteiger partial charge in [-0.05, 0) is 63.6 Å². The van der Waals surface area contributed by atoms with Crippen molar-refractivity contribution in [2.75, 3.05) is 10.8 Å². The number of nitrogens with one attached hydrogen (secondary N) is 1. The molecule has 10 heteroatoms. The van der Waals surface area contributed by atoms with Gasteiger partial charge in [0.15, 0.2) is 0 Å². The first kappa shape index (κ1) is 29.5. The van der Waals surface area contributed by atoms with E-state index >= 15 is 0 Å². The van der Waals surface area contributed by atoms with Crippen LogP contribution < -0.4 is 9.62 Å². The van der Waals surface area contributed by atoms with Gasteiger partial charge in [-0.1, -0.05) is 71.2 Å². The third-order valence-corrected chi connectivity index (χ3v) is 8.19. The first-order chi connectivity index (χ1) is 17.9. The summed E-state index contributed by atoms with van der Waals surface area (Å²) in [6.07, 6.45) is 0. The molecule has 7 nitrogen and oxygen atoms in total. The van der Waals surface area contributed by atoms with Crippen LogP contribution in [0.3, 0.4) is 0 Å². The lowest BCUT2D eigenvalue weighted by molar-refractivity contribution is -0.139. The minimum Gasteiger partial charge on any atom is -0.352 e. The van der Waals surface area contributed by atoms with E-state index in [-0.39, 0.29) is 39.1 Å². The number of benzene rings is 3. The van der Waals surface area contributed by atoms with Gasteiger partial charge in [0.25, 0.3) is 10.0 Å². The van der Waals surface area contributed by atoms with Gasteiger partial charge in [0.1, 0.15) is 12.6 Å². The Bertz CT molecular complexity index is 1380. The summed E-state index contributed by atoms with van der Waals surface area (Å²) < 4.78 is 28.5. The first-order valence-corrected chi connectivity index (χ1v) is 14.3. The van der Waals surface area contributed by atoms with Crippen LogP contribution >= 0.6 is 23.2 Å². The van der Waals surface area contributed by atoms with E-state index in [0.717, 1.165) is 15.4 Å². The van der Waals surface area contributed by atoms with Crippen LogP contribution in [0, 0.1) is 6.92 Å². The van der Waals surface area contributed by atoms with Crippen molar-refractivity contribution >= 4 is 50.7 Å². The van der Waals surface area contributed by atoms with Crippen molar-refractivity contribution in [3.63, 3.8) is 0 Å². The molecule has 0 aliphatic carbocycles. The number of halogens is 2. The van der Waals surface area contributed by atoms with Gasteiger partial charge in [-0.25, -0.2) is 8.42 Å². The van der Waals surface area contributed by atoms with Gasteiger partial charge in [-0.3, -0.25) is 13.9 Å². The number of carbonyl (C=O) groups is 2. The highest BCUT2D eigenvalue weighted by molar-refractivity contribution is 7.92. The number of rotatable bonds is 10. The number of hydrogen-bond donors (Lipinski definition) is 1. The molecule has 3 rings (SSSR count). The van der Waals surface area contributed by atoms with Gasteiger partial charge in [0.2, 0.25) is 11.8 Å². The van der Waals surface area contributed by atoms with E-state index in [2.05, 4.69) is 5.32 Å². The lowest BCUT2D eigenvalue weighted by Gasteiger charge is -2.32. The first-order valence-electron chi connectivity index (χ1n) is 12.1. The van der Waals surface area contributed by atoms with Crippen LogP contribution in [0.25, 0.3) is 0 Å². The highest BCUT2D eigenvalue weighted by Crippen LogP contribution is 2.33. The molecule has 0 saturated heterocycles. The van der Waals surface area contributed by atoms with Gasteiger partial charge in [-0.15, -0.1) is 0 Å². The van der Waals surface area contributed by atoms with E-state index in [1.165, 1.54) is 35.2 Å². The number of aryl methyl sites for hydroxylation is 1. The molecule has 1 N–H and O–H groups in total. The maximum atomic E-state index is 13.9. The average Bonchev–Trinajstić information content (AvgIpc) is 2.88. The van der Waals surface area contributed by atoms with E-state index in [9.17, 15) is 18.0 Å². The summed E-state index contributed by atoms with van der Waals surface area (Å²) in [5, 5.41) is 3.19. The van der Waals surface area contributed by atoms with E-state index < -0.39 is 28.5 Å². The minimum absolute atomic E-state index is 0.0143. The van der Waals surface area contributed by atoms with Gasteiger partial charge in [0.05, 0.1) is 15.6 Å². The third-order valence-electron chi connectivity index (χ3n) is 5.86. The maximum Gasteiger partial charge on any atom is 0.264 e. The standard InChI is InChI=1S/C28H31Cl2N3O4S/c1-19(2)31-28(35)21(4)32(17-22-12-10-20(3)11-13-22)27(34)18-33(26-16-23(29)14-15-25(26)30)38(36,37)24-8-6-5-7-9-24/h5-16,19,21H,17-18H2,1-4H3,(H,31,35). The van der Waals surface area contributed by atoms with Crippen molar-refractivity contribution < 1.29 is 18.0 Å². The molecule has 1 atom stereocenters. The zero-order chi connectivity index (χ0) is 28.0. The highest BCUT2D eigenvalue weighted by Gasteiger charge is 2.33. The number of sulfonamides is 1. The molecule has 0 saturated carbocycles. The third kappa shape index (κ3) is 7.28. The highest BCUT2D eigenvalue weighted by atomic mass is 35.5. The second-order valence-corrected chi connectivity index (χ2v) is 12.0. The SMILES string of the molecule is Cc1ccc(CN(C(=O)CN(c2cc(Cl)ccc2Cl)S(=O)(=O)c2ccccc2)C(C)C(=O)NC(C)C)cc1. The summed E-state index contributed by atoms with van der Waals surface area (Å²) in [5.74, 6) is -0.925. The van der Waals surface area contributed by atoms with Gasteiger partial charge in [-0.2, -0.15) is 0 Å². The number of anilines is 1. The number of amides is 2. The Balaban J connectivity index is 2.06. The molecular formula is C28H31Cl2N3O4S. The quantitative estimate of drug-likeness (QED) is 0.348. The van der Waals surface area contributed by atoms with Crippen molar-refractivity contribution in [2.24, 2.45) is 0 Å². The molecule has 0 aromatic heterocycles. The predicted molar refractivity (Wildman–Crippen MR) is 152 cm³/mol. The Kier molecular flexibility index (Phi) is 9.82. The molecular weight excluding hydrogens is 545 g/mol. The Morgan fingerprint density at radius 2 is 1.55 bits per heavy atom. The summed E-state index contributed by atoms with van der Waals surface area (Å²) in [5.41, 5.74) is 1.91. The zero-order valence-electron chi connectivity index (χ0n) is 21.7. The summed E-state index contributed by atoms with van der Waals surface area (Å²) in [6.45, 7) is 6.73. The topological polar surface area (TPSA) is 86.8 Å². The van der Waals surface area contributed by atoms with E-state index in [0.29, 0.717) is 0 Å². The molecule has 0 radical (unpaired) electrons. The van der Waals surface area contributed by atoms with Crippen LogP contribution in [0.4, 0.5) is 5.69 Å². The van der Waals surface area contributed by atoms with Crippen LogP contribution in [-0.4, -0.2) is 43.8 Å². The Hall–Kier alpha value is -3.07. The van der Waals surface area contributed by atoms with Crippen molar-refractivity contribution in [3.8, 4) is 0 Å². The van der Waals surface area contributed by atoms with Crippen LogP contribution in [0.1, 0.15) is 31.9 Å². The molecule has 38 heavy (non-hydrogen) atoms. The smallest absolute Gasteiger partial charge is 0.264 e. The Morgan fingerprint density at radius 3 is 2.16 bits per heavy atom. The maximum absolute atomic E-state index is 13.9. The molecule has 0 aliphatic rings. The molecule has 1 unspecified atom stereocenters. The molecule has 3 aromatic carbocycles. The Labute approximate surface area is 234 Å². The van der Waals surface area contributed by atoms with Gasteiger partial charge in [0, 0.05) is 17.6 Å². The summed E-state index contributed by atoms with van der Waals surface area (Å²) in [4.78, 5) is 28.2. The second-order valence-electron chi connectivity index (χ2n) is 9.27. The van der Waals surface area contributed by atoms with Gasteiger partial charge >= 0.3 is 0 Å². The van der Waals surface area contributed by atoms with Crippen LogP contribution in [0.5, 0.6) is 0 Å². The van der Waals surface area contributed by atoms with Crippen molar-refractivity contribution in [1.29, 1.82) is 0 Å². The van der Waals surface area contributed by atoms with Crippen molar-refractivity contribution in [1.82, 2.24) is 10.2 Å². The molecule has 2 amide bonds. The summed E-state index contributed by atoms with van der Waals surface area (Å²) in [7, 11) is -4.22. The lowest BCUT2D eigenvalue weighted by Crippen LogP contribution is -2.52. The van der Waals surface area contributed by atoms with Crippen LogP contribution in [-0.2, 0) is 26.2 Å². The molecule has 202 valence electrons. The molecule has 0 spiro atoms. The van der Waals surface area contributed by atoms with E-state index in [1.807, 2.05) is 45.0 Å². The fourth-order valence-electron chi connectivity index (χ4n) is 3.79. The van der Waals surface area contributed by atoms with E-state index in [4.69, 9.17) is 23.2 Å². The Morgan fingerprint density at radius 1 is 0.921 bits per heavy atom. The summed E-state index contributed by atoms with van der Waals surface area (Å²) in [6, 6.07) is 18.7. The summed E-state index contributed by atoms with van der Waals surface area (Å²) >= 11 is 12.6. The monoisotopic (exact) mass is 575 g/mol. The van der Waals surface area contributed by atoms with Crippen LogP contribution in [0.15, 0.2) is 77.7 Å². The molecule has 3 aromatic rings. The zero-order valence-corrected chi connectivity index (χ0v) is 24.0. The second kappa shape index (κ2) is 12.7. The largest absolute Gasteiger partial charge is 0.352 e. The van der Waals surface area contributed by atoms with E-state index in [1.54, 1.807) is 25.1 Å². The molecule has 0 fully saturated rings. The van der Waals surface area contributed by atoms with Crippen LogP contribution in [0.2, 0.25) is 10.0 Å².